The lowest BCUT2D eigenvalue weighted by Crippen LogP contribution is -2.29. The minimum atomic E-state index is -1.93. The Hall–Kier alpha value is -1.63. The van der Waals surface area contributed by atoms with Crippen molar-refractivity contribution < 1.29 is 20.1 Å². The molecule has 0 aliphatic carbocycles. The highest BCUT2D eigenvalue weighted by Crippen LogP contribution is 2.28. The summed E-state index contributed by atoms with van der Waals surface area (Å²) in [5.74, 6) is -1.40. The number of carbonyl (C=O) groups is 1. The van der Waals surface area contributed by atoms with E-state index in [1.54, 1.807) is 22.8 Å². The van der Waals surface area contributed by atoms with Crippen molar-refractivity contribution in [1.29, 1.82) is 0 Å². The van der Waals surface area contributed by atoms with E-state index in [-0.39, 0.29) is 11.9 Å². The van der Waals surface area contributed by atoms with Crippen LogP contribution in [-0.4, -0.2) is 36.9 Å². The van der Waals surface area contributed by atoms with Crippen LogP contribution in [0.3, 0.4) is 0 Å². The van der Waals surface area contributed by atoms with Crippen LogP contribution in [0.5, 0.6) is 0 Å². The average molecular weight is 299 g/mol. The molecule has 0 saturated carbocycles. The van der Waals surface area contributed by atoms with Crippen molar-refractivity contribution in [2.75, 3.05) is 0 Å². The smallest absolute Gasteiger partial charge is 0.335 e. The van der Waals surface area contributed by atoms with Crippen molar-refractivity contribution in [3.63, 3.8) is 0 Å². The first-order valence-corrected chi connectivity index (χ1v) is 6.47. The van der Waals surface area contributed by atoms with Crippen molar-refractivity contribution in [2.24, 2.45) is 0 Å². The van der Waals surface area contributed by atoms with Crippen molar-refractivity contribution in [1.82, 2.24) is 9.55 Å². The first-order chi connectivity index (χ1) is 9.32. The van der Waals surface area contributed by atoms with Gasteiger partial charge in [-0.05, 0) is 32.0 Å². The minimum absolute atomic E-state index is 0.0795. The molecule has 0 saturated heterocycles. The van der Waals surface area contributed by atoms with Crippen LogP contribution in [0.15, 0.2) is 18.2 Å². The molecule has 0 aliphatic rings. The van der Waals surface area contributed by atoms with Gasteiger partial charge in [0.15, 0.2) is 6.10 Å². The number of rotatable bonds is 4. The molecule has 0 fully saturated rings. The number of nitrogens with zero attached hydrogens (tertiary/aromatic N) is 2. The van der Waals surface area contributed by atoms with Crippen LogP contribution in [-0.2, 0) is 4.79 Å². The molecule has 7 heteroatoms. The summed E-state index contributed by atoms with van der Waals surface area (Å²) in [6.07, 6.45) is -3.54. The molecular formula is C13H15ClN2O4. The van der Waals surface area contributed by atoms with Gasteiger partial charge < -0.3 is 19.9 Å². The summed E-state index contributed by atoms with van der Waals surface area (Å²) in [5, 5.41) is 28.8. The molecule has 2 aromatic rings. The molecule has 2 atom stereocenters. The predicted molar refractivity (Wildman–Crippen MR) is 73.7 cm³/mol. The third-order valence-corrected chi connectivity index (χ3v) is 3.25. The number of aliphatic hydroxyl groups is 2. The topological polar surface area (TPSA) is 95.6 Å². The summed E-state index contributed by atoms with van der Waals surface area (Å²) in [6, 6.07) is 4.95. The lowest BCUT2D eigenvalue weighted by molar-refractivity contribution is -0.153. The van der Waals surface area contributed by atoms with Gasteiger partial charge in [0.05, 0.1) is 11.0 Å². The molecule has 0 radical (unpaired) electrons. The van der Waals surface area contributed by atoms with E-state index in [2.05, 4.69) is 4.98 Å². The van der Waals surface area contributed by atoms with Crippen LogP contribution in [0.2, 0.25) is 5.02 Å². The molecule has 1 aromatic heterocycles. The maximum Gasteiger partial charge on any atom is 0.335 e. The highest BCUT2D eigenvalue weighted by Gasteiger charge is 2.30. The molecule has 0 bridgehead atoms. The first-order valence-electron chi connectivity index (χ1n) is 6.09. The minimum Gasteiger partial charge on any atom is -0.479 e. The van der Waals surface area contributed by atoms with Gasteiger partial charge in [0.2, 0.25) is 0 Å². The normalized spacial score (nSPS) is 14.7. The Kier molecular flexibility index (Phi) is 3.99. The van der Waals surface area contributed by atoms with E-state index in [9.17, 15) is 15.0 Å². The molecule has 0 spiro atoms. The Bertz CT molecular complexity index is 653. The zero-order chi connectivity index (χ0) is 15.0. The van der Waals surface area contributed by atoms with Crippen molar-refractivity contribution in [2.45, 2.75) is 32.1 Å². The maximum atomic E-state index is 10.8. The number of hydrogen-bond acceptors (Lipinski definition) is 4. The number of benzene rings is 1. The summed E-state index contributed by atoms with van der Waals surface area (Å²) >= 11 is 5.95. The summed E-state index contributed by atoms with van der Waals surface area (Å²) in [4.78, 5) is 15.0. The van der Waals surface area contributed by atoms with E-state index in [1.807, 2.05) is 13.8 Å². The zero-order valence-corrected chi connectivity index (χ0v) is 11.7. The second kappa shape index (κ2) is 5.40. The van der Waals surface area contributed by atoms with E-state index >= 15 is 0 Å². The fourth-order valence-electron chi connectivity index (χ4n) is 2.11. The molecular weight excluding hydrogens is 284 g/mol. The monoisotopic (exact) mass is 298 g/mol. The maximum absolute atomic E-state index is 10.8. The van der Waals surface area contributed by atoms with Gasteiger partial charge in [0.1, 0.15) is 11.9 Å². The van der Waals surface area contributed by atoms with E-state index < -0.39 is 18.2 Å². The largest absolute Gasteiger partial charge is 0.479 e. The lowest BCUT2D eigenvalue weighted by atomic mass is 10.2. The van der Waals surface area contributed by atoms with Crippen LogP contribution in [0, 0.1) is 0 Å². The Morgan fingerprint density at radius 1 is 1.35 bits per heavy atom. The van der Waals surface area contributed by atoms with Crippen LogP contribution in [0.1, 0.15) is 31.8 Å². The number of aliphatic hydroxyl groups excluding tert-OH is 2. The van der Waals surface area contributed by atoms with Gasteiger partial charge in [-0.2, -0.15) is 0 Å². The van der Waals surface area contributed by atoms with Crippen LogP contribution >= 0.6 is 11.6 Å². The van der Waals surface area contributed by atoms with E-state index in [4.69, 9.17) is 16.7 Å². The molecule has 6 nitrogen and oxygen atoms in total. The summed E-state index contributed by atoms with van der Waals surface area (Å²) in [7, 11) is 0. The van der Waals surface area contributed by atoms with Crippen molar-refractivity contribution in [3.8, 4) is 0 Å². The quantitative estimate of drug-likeness (QED) is 0.799. The molecule has 1 aromatic carbocycles. The lowest BCUT2D eigenvalue weighted by Gasteiger charge is -2.18. The summed E-state index contributed by atoms with van der Waals surface area (Å²) in [6.45, 7) is 3.73. The molecule has 2 rings (SSSR count). The first kappa shape index (κ1) is 14.8. The Morgan fingerprint density at radius 3 is 2.55 bits per heavy atom. The average Bonchev–Trinajstić information content (AvgIpc) is 2.75. The zero-order valence-electron chi connectivity index (χ0n) is 11.0. The Balaban J connectivity index is 2.63. The Morgan fingerprint density at radius 2 is 2.00 bits per heavy atom. The number of fused-ring (bicyclic) bond motifs is 1. The Labute approximate surface area is 120 Å². The summed E-state index contributed by atoms with van der Waals surface area (Å²) in [5.41, 5.74) is 1.26. The molecule has 3 N–H and O–H groups in total. The highest BCUT2D eigenvalue weighted by atomic mass is 35.5. The fraction of sp³-hybridized carbons (Fsp3) is 0.385. The molecule has 20 heavy (non-hydrogen) atoms. The number of aromatic nitrogens is 2. The highest BCUT2D eigenvalue weighted by molar-refractivity contribution is 6.31. The second-order valence-corrected chi connectivity index (χ2v) is 5.23. The van der Waals surface area contributed by atoms with E-state index in [1.165, 1.54) is 0 Å². The van der Waals surface area contributed by atoms with Gasteiger partial charge in [-0.1, -0.05) is 11.6 Å². The molecule has 1 heterocycles. The van der Waals surface area contributed by atoms with Gasteiger partial charge in [0.25, 0.3) is 0 Å². The number of carboxylic acid groups (broad SMARTS) is 1. The number of halogens is 1. The van der Waals surface area contributed by atoms with Gasteiger partial charge >= 0.3 is 5.97 Å². The van der Waals surface area contributed by atoms with Crippen LogP contribution in [0.25, 0.3) is 11.0 Å². The molecule has 108 valence electrons. The van der Waals surface area contributed by atoms with Gasteiger partial charge in [-0.3, -0.25) is 0 Å². The fourth-order valence-corrected chi connectivity index (χ4v) is 2.28. The van der Waals surface area contributed by atoms with E-state index in [0.29, 0.717) is 16.1 Å². The second-order valence-electron chi connectivity index (χ2n) is 4.79. The third-order valence-electron chi connectivity index (χ3n) is 3.01. The predicted octanol–water partition coefficient (Wildman–Crippen LogP) is 1.75. The van der Waals surface area contributed by atoms with Gasteiger partial charge in [-0.25, -0.2) is 9.78 Å². The number of imidazole rings is 1. The standard InChI is InChI=1S/C13H15ClN2O4/c1-6(2)16-9-5-7(14)3-4-8(9)15-12(16)10(17)11(18)13(19)20/h3-6,10-11,17-18H,1-2H3,(H,19,20). The summed E-state index contributed by atoms with van der Waals surface area (Å²) < 4.78 is 1.66. The van der Waals surface area contributed by atoms with Crippen molar-refractivity contribution >= 4 is 28.6 Å². The van der Waals surface area contributed by atoms with Gasteiger partial charge in [-0.15, -0.1) is 0 Å². The van der Waals surface area contributed by atoms with Crippen molar-refractivity contribution in [3.05, 3.63) is 29.0 Å². The third kappa shape index (κ3) is 2.49. The number of hydrogen-bond donors (Lipinski definition) is 3. The van der Waals surface area contributed by atoms with E-state index in [0.717, 1.165) is 0 Å². The van der Waals surface area contributed by atoms with Crippen LogP contribution in [0.4, 0.5) is 0 Å². The van der Waals surface area contributed by atoms with Gasteiger partial charge in [0, 0.05) is 11.1 Å². The number of aliphatic carboxylic acids is 1. The molecule has 0 aliphatic heterocycles. The number of carboxylic acids is 1. The molecule has 2 unspecified atom stereocenters. The molecule has 0 amide bonds. The van der Waals surface area contributed by atoms with Crippen LogP contribution < -0.4 is 0 Å². The SMILES string of the molecule is CC(C)n1c(C(O)C(O)C(=O)O)nc2ccc(Cl)cc21.